The summed E-state index contributed by atoms with van der Waals surface area (Å²) in [5.74, 6) is -0.0625. The summed E-state index contributed by atoms with van der Waals surface area (Å²) in [6.07, 6.45) is 2.71. The van der Waals surface area contributed by atoms with E-state index < -0.39 is 0 Å². The van der Waals surface area contributed by atoms with Crippen molar-refractivity contribution in [2.75, 3.05) is 13.2 Å². The molecule has 0 N–H and O–H groups in total. The average Bonchev–Trinajstić information content (AvgIpc) is 3.13. The van der Waals surface area contributed by atoms with Crippen LogP contribution in [0.25, 0.3) is 11.0 Å². The van der Waals surface area contributed by atoms with Gasteiger partial charge in [0.25, 0.3) is 0 Å². The molecule has 1 aliphatic heterocycles. The van der Waals surface area contributed by atoms with Crippen LogP contribution in [0.5, 0.6) is 0 Å². The van der Waals surface area contributed by atoms with Crippen LogP contribution in [-0.2, 0) is 9.53 Å². The van der Waals surface area contributed by atoms with Crippen LogP contribution in [0, 0.1) is 5.92 Å². The van der Waals surface area contributed by atoms with Crippen LogP contribution >= 0.6 is 11.7 Å². The second-order valence-corrected chi connectivity index (χ2v) is 6.44. The molecule has 4 rings (SSSR count). The van der Waals surface area contributed by atoms with Gasteiger partial charge in [-0.15, -0.1) is 0 Å². The molecule has 0 unspecified atom stereocenters. The van der Waals surface area contributed by atoms with Crippen LogP contribution in [-0.4, -0.2) is 44.7 Å². The zero-order valence-electron chi connectivity index (χ0n) is 11.9. The van der Waals surface area contributed by atoms with Gasteiger partial charge in [0.2, 0.25) is 5.91 Å². The van der Waals surface area contributed by atoms with E-state index in [2.05, 4.69) is 8.75 Å². The summed E-state index contributed by atoms with van der Waals surface area (Å²) in [6, 6.07) is 5.59. The molecule has 0 bridgehead atoms. The number of aromatic nitrogens is 2. The Kier molecular flexibility index (Phi) is 3.29. The number of likely N-dealkylation sites (tertiary alicyclic amines) is 1. The van der Waals surface area contributed by atoms with E-state index >= 15 is 0 Å². The van der Waals surface area contributed by atoms with E-state index in [1.54, 1.807) is 18.2 Å². The predicted molar refractivity (Wildman–Crippen MR) is 80.5 cm³/mol. The standard InChI is InChI=1S/C15H15N3O3S/c19-14-5-9(7-18(14)11-2-3-11)8-21-15(20)10-1-4-12-13(6-10)17-22-16-12/h1,4,6,9,11H,2-3,5,7-8H2/t9-/m0/s1. The first-order chi connectivity index (χ1) is 10.7. The smallest absolute Gasteiger partial charge is 0.338 e. The number of amides is 1. The number of hydrogen-bond donors (Lipinski definition) is 0. The molecule has 1 saturated heterocycles. The van der Waals surface area contributed by atoms with Crippen LogP contribution in [0.1, 0.15) is 29.6 Å². The Balaban J connectivity index is 1.37. The van der Waals surface area contributed by atoms with Gasteiger partial charge < -0.3 is 9.64 Å². The number of fused-ring (bicyclic) bond motifs is 1. The molecule has 2 aliphatic rings. The molecule has 1 aromatic carbocycles. The second kappa shape index (κ2) is 5.31. The van der Waals surface area contributed by atoms with E-state index in [9.17, 15) is 9.59 Å². The minimum absolute atomic E-state index is 0.113. The van der Waals surface area contributed by atoms with Crippen molar-refractivity contribution in [1.82, 2.24) is 13.6 Å². The summed E-state index contributed by atoms with van der Waals surface area (Å²) >= 11 is 1.12. The highest BCUT2D eigenvalue weighted by Crippen LogP contribution is 2.32. The largest absolute Gasteiger partial charge is 0.462 e. The SMILES string of the molecule is O=C(OC[C@H]1CC(=O)N(C2CC2)C1)c1ccc2nsnc2c1. The number of esters is 1. The maximum atomic E-state index is 12.1. The molecule has 114 valence electrons. The molecule has 22 heavy (non-hydrogen) atoms. The van der Waals surface area contributed by atoms with Crippen molar-refractivity contribution in [2.45, 2.75) is 25.3 Å². The van der Waals surface area contributed by atoms with Gasteiger partial charge in [0.1, 0.15) is 11.0 Å². The lowest BCUT2D eigenvalue weighted by Crippen LogP contribution is -2.27. The number of hydrogen-bond acceptors (Lipinski definition) is 6. The van der Waals surface area contributed by atoms with E-state index in [4.69, 9.17) is 4.74 Å². The molecule has 1 aliphatic carbocycles. The van der Waals surface area contributed by atoms with Gasteiger partial charge in [-0.3, -0.25) is 4.79 Å². The predicted octanol–water partition coefficient (Wildman–Crippen LogP) is 1.86. The number of benzene rings is 1. The quantitative estimate of drug-likeness (QED) is 0.805. The van der Waals surface area contributed by atoms with Crippen LogP contribution in [0.2, 0.25) is 0 Å². The number of carbonyl (C=O) groups excluding carboxylic acids is 2. The zero-order valence-corrected chi connectivity index (χ0v) is 12.7. The number of rotatable bonds is 4. The fourth-order valence-corrected chi connectivity index (χ4v) is 3.36. The molecular formula is C15H15N3O3S. The lowest BCUT2D eigenvalue weighted by atomic mass is 10.1. The first kappa shape index (κ1) is 13.6. The van der Waals surface area contributed by atoms with E-state index in [1.165, 1.54) is 0 Å². The van der Waals surface area contributed by atoms with Crippen molar-refractivity contribution in [2.24, 2.45) is 5.92 Å². The highest BCUT2D eigenvalue weighted by atomic mass is 32.1. The molecule has 1 saturated carbocycles. The second-order valence-electron chi connectivity index (χ2n) is 5.91. The molecular weight excluding hydrogens is 302 g/mol. The molecule has 0 spiro atoms. The third kappa shape index (κ3) is 2.56. The fourth-order valence-electron chi connectivity index (χ4n) is 2.85. The summed E-state index contributed by atoms with van der Waals surface area (Å²) < 4.78 is 13.6. The number of nitrogens with zero attached hydrogens (tertiary/aromatic N) is 3. The highest BCUT2D eigenvalue weighted by molar-refractivity contribution is 7.00. The Labute approximate surface area is 131 Å². The zero-order chi connectivity index (χ0) is 15.1. The van der Waals surface area contributed by atoms with Crippen molar-refractivity contribution >= 4 is 34.6 Å². The molecule has 1 amide bonds. The van der Waals surface area contributed by atoms with Crippen molar-refractivity contribution in [1.29, 1.82) is 0 Å². The average molecular weight is 317 g/mol. The van der Waals surface area contributed by atoms with Crippen LogP contribution in [0.4, 0.5) is 0 Å². The van der Waals surface area contributed by atoms with Crippen molar-refractivity contribution < 1.29 is 14.3 Å². The van der Waals surface area contributed by atoms with Gasteiger partial charge in [0.15, 0.2) is 0 Å². The van der Waals surface area contributed by atoms with Gasteiger partial charge in [-0.1, -0.05) is 0 Å². The van der Waals surface area contributed by atoms with Gasteiger partial charge >= 0.3 is 5.97 Å². The molecule has 6 nitrogen and oxygen atoms in total. The molecule has 2 aromatic rings. The van der Waals surface area contributed by atoms with E-state index in [0.29, 0.717) is 36.7 Å². The summed E-state index contributed by atoms with van der Waals surface area (Å²) in [4.78, 5) is 25.9. The first-order valence-corrected chi connectivity index (χ1v) is 8.12. The summed E-state index contributed by atoms with van der Waals surface area (Å²) in [5.41, 5.74) is 1.96. The van der Waals surface area contributed by atoms with Crippen LogP contribution in [0.3, 0.4) is 0 Å². The Morgan fingerprint density at radius 2 is 2.14 bits per heavy atom. The molecule has 2 heterocycles. The minimum atomic E-state index is -0.368. The van der Waals surface area contributed by atoms with Gasteiger partial charge in [0.05, 0.1) is 23.9 Å². The number of carbonyl (C=O) groups is 2. The molecule has 1 aromatic heterocycles. The van der Waals surface area contributed by atoms with Gasteiger partial charge in [-0.05, 0) is 31.0 Å². The summed E-state index contributed by atoms with van der Waals surface area (Å²) in [7, 11) is 0. The Bertz CT molecular complexity index is 740. The van der Waals surface area contributed by atoms with E-state index in [1.807, 2.05) is 4.90 Å². The van der Waals surface area contributed by atoms with Crippen molar-refractivity contribution in [3.63, 3.8) is 0 Å². The fraction of sp³-hybridized carbons (Fsp3) is 0.467. The van der Waals surface area contributed by atoms with Crippen LogP contribution in [0.15, 0.2) is 18.2 Å². The van der Waals surface area contributed by atoms with Crippen LogP contribution < -0.4 is 0 Å². The van der Waals surface area contributed by atoms with Crippen molar-refractivity contribution in [3.05, 3.63) is 23.8 Å². The third-order valence-corrected chi connectivity index (χ3v) is 4.72. The Morgan fingerprint density at radius 1 is 1.32 bits per heavy atom. The maximum Gasteiger partial charge on any atom is 0.338 e. The van der Waals surface area contributed by atoms with Gasteiger partial charge in [-0.2, -0.15) is 8.75 Å². The lowest BCUT2D eigenvalue weighted by molar-refractivity contribution is -0.128. The lowest BCUT2D eigenvalue weighted by Gasteiger charge is -2.15. The van der Waals surface area contributed by atoms with Gasteiger partial charge in [0, 0.05) is 24.9 Å². The van der Waals surface area contributed by atoms with E-state index in [-0.39, 0.29) is 17.8 Å². The normalized spacial score (nSPS) is 21.5. The summed E-state index contributed by atoms with van der Waals surface area (Å²) in [6.45, 7) is 1.01. The molecule has 2 fully saturated rings. The molecule has 0 radical (unpaired) electrons. The minimum Gasteiger partial charge on any atom is -0.462 e. The molecule has 7 heteroatoms. The third-order valence-electron chi connectivity index (χ3n) is 4.17. The first-order valence-electron chi connectivity index (χ1n) is 7.39. The maximum absolute atomic E-state index is 12.1. The summed E-state index contributed by atoms with van der Waals surface area (Å²) in [5, 5.41) is 0. The van der Waals surface area contributed by atoms with Gasteiger partial charge in [-0.25, -0.2) is 4.79 Å². The topological polar surface area (TPSA) is 72.4 Å². The molecule has 1 atom stereocenters. The Morgan fingerprint density at radius 3 is 2.95 bits per heavy atom. The monoisotopic (exact) mass is 317 g/mol. The van der Waals surface area contributed by atoms with Crippen molar-refractivity contribution in [3.8, 4) is 0 Å². The number of ether oxygens (including phenoxy) is 1. The highest BCUT2D eigenvalue weighted by Gasteiger charge is 2.39. The Hall–Kier alpha value is -2.02. The van der Waals surface area contributed by atoms with E-state index in [0.717, 1.165) is 30.1 Å².